The van der Waals surface area contributed by atoms with Gasteiger partial charge in [-0.3, -0.25) is 9.78 Å². The van der Waals surface area contributed by atoms with E-state index in [1.54, 1.807) is 12.4 Å². The molecule has 0 N–H and O–H groups in total. The number of hydrogen-bond donors (Lipinski definition) is 0. The molecule has 1 fully saturated rings. The Hall–Kier alpha value is -1.18. The number of carbonyl (C=O) groups excluding carboxylic acids is 1. The van der Waals surface area contributed by atoms with Crippen molar-refractivity contribution in [2.75, 3.05) is 0 Å². The van der Waals surface area contributed by atoms with Crippen LogP contribution in [0.1, 0.15) is 44.6 Å². The van der Waals surface area contributed by atoms with Crippen LogP contribution in [0.2, 0.25) is 0 Å². The Morgan fingerprint density at radius 1 is 1.44 bits per heavy atom. The van der Waals surface area contributed by atoms with Crippen LogP contribution >= 0.6 is 0 Å². The third-order valence-electron chi connectivity index (χ3n) is 3.92. The van der Waals surface area contributed by atoms with Gasteiger partial charge in [0.1, 0.15) is 5.78 Å². The summed E-state index contributed by atoms with van der Waals surface area (Å²) in [4.78, 5) is 16.4. The minimum Gasteiger partial charge on any atom is -0.299 e. The van der Waals surface area contributed by atoms with Gasteiger partial charge in [-0.15, -0.1) is 0 Å². The molecule has 0 saturated heterocycles. The van der Waals surface area contributed by atoms with Crippen LogP contribution in [0.3, 0.4) is 0 Å². The van der Waals surface area contributed by atoms with Gasteiger partial charge in [-0.2, -0.15) is 0 Å². The van der Waals surface area contributed by atoms with Crippen molar-refractivity contribution >= 4 is 5.78 Å². The standard InChI is InChI=1S/C14H19NO/c1-2-14(7-3-4-8-14)13(16)10-12-6-5-9-15-11-12/h5-6,9,11H,2-4,7-8,10H2,1H3. The quantitative estimate of drug-likeness (QED) is 0.775. The van der Waals surface area contributed by atoms with E-state index < -0.39 is 0 Å². The van der Waals surface area contributed by atoms with E-state index in [4.69, 9.17) is 0 Å². The summed E-state index contributed by atoms with van der Waals surface area (Å²) in [6, 6.07) is 3.89. The van der Waals surface area contributed by atoms with Crippen molar-refractivity contribution in [1.82, 2.24) is 4.98 Å². The zero-order valence-electron chi connectivity index (χ0n) is 9.91. The van der Waals surface area contributed by atoms with Crippen molar-refractivity contribution in [3.63, 3.8) is 0 Å². The van der Waals surface area contributed by atoms with E-state index in [9.17, 15) is 4.79 Å². The lowest BCUT2D eigenvalue weighted by Gasteiger charge is -2.25. The van der Waals surface area contributed by atoms with Gasteiger partial charge >= 0.3 is 0 Å². The van der Waals surface area contributed by atoms with Crippen molar-refractivity contribution in [2.45, 2.75) is 45.4 Å². The first kappa shape index (κ1) is 11.3. The van der Waals surface area contributed by atoms with Crippen molar-refractivity contribution in [1.29, 1.82) is 0 Å². The molecule has 1 heterocycles. The highest BCUT2D eigenvalue weighted by atomic mass is 16.1. The fourth-order valence-electron chi connectivity index (χ4n) is 2.76. The first-order chi connectivity index (χ1) is 7.77. The van der Waals surface area contributed by atoms with Gasteiger partial charge in [-0.1, -0.05) is 25.8 Å². The van der Waals surface area contributed by atoms with E-state index >= 15 is 0 Å². The van der Waals surface area contributed by atoms with Crippen LogP contribution in [0.5, 0.6) is 0 Å². The van der Waals surface area contributed by atoms with E-state index in [1.807, 2.05) is 12.1 Å². The smallest absolute Gasteiger partial charge is 0.143 e. The number of nitrogens with zero attached hydrogens (tertiary/aromatic N) is 1. The topological polar surface area (TPSA) is 30.0 Å². The minimum absolute atomic E-state index is 0.0180. The Morgan fingerprint density at radius 2 is 2.19 bits per heavy atom. The number of ketones is 1. The average Bonchev–Trinajstić information content (AvgIpc) is 2.80. The Morgan fingerprint density at radius 3 is 2.75 bits per heavy atom. The Kier molecular flexibility index (Phi) is 3.37. The third kappa shape index (κ3) is 2.16. The molecule has 2 rings (SSSR count). The molecule has 1 aromatic heterocycles. The second kappa shape index (κ2) is 4.77. The normalized spacial score (nSPS) is 18.6. The van der Waals surface area contributed by atoms with Crippen LogP contribution in [0, 0.1) is 5.41 Å². The molecule has 2 nitrogen and oxygen atoms in total. The Bertz CT molecular complexity index is 352. The van der Waals surface area contributed by atoms with Gasteiger partial charge in [0.25, 0.3) is 0 Å². The SMILES string of the molecule is CCC1(C(=O)Cc2cccnc2)CCCC1. The molecule has 86 valence electrons. The lowest BCUT2D eigenvalue weighted by molar-refractivity contribution is -0.128. The summed E-state index contributed by atoms with van der Waals surface area (Å²) in [5, 5.41) is 0. The van der Waals surface area contributed by atoms with Crippen LogP contribution < -0.4 is 0 Å². The molecule has 0 spiro atoms. The predicted molar refractivity (Wildman–Crippen MR) is 64.1 cm³/mol. The van der Waals surface area contributed by atoms with Crippen molar-refractivity contribution < 1.29 is 4.79 Å². The lowest BCUT2D eigenvalue weighted by atomic mass is 9.77. The summed E-state index contributed by atoms with van der Waals surface area (Å²) in [7, 11) is 0. The van der Waals surface area contributed by atoms with Gasteiger partial charge in [-0.05, 0) is 30.9 Å². The van der Waals surface area contributed by atoms with Gasteiger partial charge in [0, 0.05) is 24.2 Å². The summed E-state index contributed by atoms with van der Waals surface area (Å²) < 4.78 is 0. The fourth-order valence-corrected chi connectivity index (χ4v) is 2.76. The third-order valence-corrected chi connectivity index (χ3v) is 3.92. The number of pyridine rings is 1. The first-order valence-corrected chi connectivity index (χ1v) is 6.19. The number of carbonyl (C=O) groups is 1. The van der Waals surface area contributed by atoms with Crippen molar-refractivity contribution in [3.8, 4) is 0 Å². The van der Waals surface area contributed by atoms with Gasteiger partial charge < -0.3 is 0 Å². The van der Waals surface area contributed by atoms with Crippen molar-refractivity contribution in [2.24, 2.45) is 5.41 Å². The summed E-state index contributed by atoms with van der Waals surface area (Å²) in [5.41, 5.74) is 1.03. The van der Waals surface area contributed by atoms with Crippen LogP contribution in [0.25, 0.3) is 0 Å². The molecule has 1 aromatic rings. The van der Waals surface area contributed by atoms with Gasteiger partial charge in [0.15, 0.2) is 0 Å². The molecule has 1 aliphatic carbocycles. The molecule has 0 atom stereocenters. The molecular formula is C14H19NO. The first-order valence-electron chi connectivity index (χ1n) is 6.19. The summed E-state index contributed by atoms with van der Waals surface area (Å²) in [6.45, 7) is 2.15. The molecule has 0 amide bonds. The zero-order valence-corrected chi connectivity index (χ0v) is 9.91. The van der Waals surface area contributed by atoms with E-state index in [-0.39, 0.29) is 5.41 Å². The fraction of sp³-hybridized carbons (Fsp3) is 0.571. The summed E-state index contributed by atoms with van der Waals surface area (Å²) in [5.74, 6) is 0.417. The summed E-state index contributed by atoms with van der Waals surface area (Å²) >= 11 is 0. The maximum Gasteiger partial charge on any atom is 0.143 e. The second-order valence-corrected chi connectivity index (χ2v) is 4.80. The van der Waals surface area contributed by atoms with Crippen LogP contribution in [-0.4, -0.2) is 10.8 Å². The summed E-state index contributed by atoms with van der Waals surface area (Å²) in [6.07, 6.45) is 9.70. The maximum absolute atomic E-state index is 12.3. The molecule has 0 bridgehead atoms. The predicted octanol–water partition coefficient (Wildman–Crippen LogP) is 3.16. The van der Waals surface area contributed by atoms with E-state index in [1.165, 1.54) is 12.8 Å². The lowest BCUT2D eigenvalue weighted by Crippen LogP contribution is -2.28. The highest BCUT2D eigenvalue weighted by Crippen LogP contribution is 2.42. The van der Waals surface area contributed by atoms with Gasteiger partial charge in [0.05, 0.1) is 0 Å². The van der Waals surface area contributed by atoms with Crippen LogP contribution in [-0.2, 0) is 11.2 Å². The second-order valence-electron chi connectivity index (χ2n) is 4.80. The van der Waals surface area contributed by atoms with Crippen LogP contribution in [0.4, 0.5) is 0 Å². The number of aromatic nitrogens is 1. The van der Waals surface area contributed by atoms with E-state index in [2.05, 4.69) is 11.9 Å². The van der Waals surface area contributed by atoms with Crippen molar-refractivity contribution in [3.05, 3.63) is 30.1 Å². The number of rotatable bonds is 4. The van der Waals surface area contributed by atoms with Gasteiger partial charge in [0.2, 0.25) is 0 Å². The Balaban J connectivity index is 2.07. The van der Waals surface area contributed by atoms with Crippen LogP contribution in [0.15, 0.2) is 24.5 Å². The molecule has 16 heavy (non-hydrogen) atoms. The molecule has 2 heteroatoms. The highest BCUT2D eigenvalue weighted by molar-refractivity contribution is 5.87. The van der Waals surface area contributed by atoms with Gasteiger partial charge in [-0.25, -0.2) is 0 Å². The molecular weight excluding hydrogens is 198 g/mol. The maximum atomic E-state index is 12.3. The highest BCUT2D eigenvalue weighted by Gasteiger charge is 2.38. The van der Waals surface area contributed by atoms with E-state index in [0.29, 0.717) is 12.2 Å². The molecule has 1 saturated carbocycles. The zero-order chi connectivity index (χ0) is 11.4. The molecule has 1 aliphatic rings. The number of Topliss-reactive ketones (excluding diaryl/α,β-unsaturated/α-hetero) is 1. The minimum atomic E-state index is -0.0180. The molecule has 0 radical (unpaired) electrons. The van der Waals surface area contributed by atoms with E-state index in [0.717, 1.165) is 24.8 Å². The monoisotopic (exact) mass is 217 g/mol. The molecule has 0 unspecified atom stereocenters. The molecule has 0 aromatic carbocycles. The number of hydrogen-bond acceptors (Lipinski definition) is 2. The average molecular weight is 217 g/mol. The Labute approximate surface area is 97.1 Å². The largest absolute Gasteiger partial charge is 0.299 e. The molecule has 0 aliphatic heterocycles.